The summed E-state index contributed by atoms with van der Waals surface area (Å²) in [5, 5.41) is 7.53. The summed E-state index contributed by atoms with van der Waals surface area (Å²) in [5.74, 6) is -1.15. The highest BCUT2D eigenvalue weighted by Gasteiger charge is 2.42. The van der Waals surface area contributed by atoms with E-state index in [1.165, 1.54) is 0 Å². The molecule has 0 aliphatic carbocycles. The van der Waals surface area contributed by atoms with Gasteiger partial charge in [-0.25, -0.2) is 9.59 Å². The third kappa shape index (κ3) is 4.33. The average Bonchev–Trinajstić information content (AvgIpc) is 3.19. The lowest BCUT2D eigenvalue weighted by molar-refractivity contribution is -0.139. The van der Waals surface area contributed by atoms with Crippen molar-refractivity contribution in [3.8, 4) is 11.3 Å². The predicted molar refractivity (Wildman–Crippen MR) is 121 cm³/mol. The van der Waals surface area contributed by atoms with E-state index >= 15 is 0 Å². The van der Waals surface area contributed by atoms with Crippen LogP contribution in [0.1, 0.15) is 64.7 Å². The third-order valence-corrected chi connectivity index (χ3v) is 5.37. The van der Waals surface area contributed by atoms with Gasteiger partial charge >= 0.3 is 11.9 Å². The van der Waals surface area contributed by atoms with Crippen molar-refractivity contribution in [2.75, 3.05) is 13.2 Å². The molecule has 0 saturated carbocycles. The second kappa shape index (κ2) is 9.85. The summed E-state index contributed by atoms with van der Waals surface area (Å²) in [6.45, 7) is 11.5. The summed E-state index contributed by atoms with van der Waals surface area (Å²) >= 11 is 0. The van der Waals surface area contributed by atoms with Crippen LogP contribution in [0.4, 0.5) is 0 Å². The molecule has 0 bridgehead atoms. The Morgan fingerprint density at radius 3 is 2.00 bits per heavy atom. The SMILES string of the molecule is CCOC(=O)C1=C(C)NC(C)=C(C(=O)OCC)C1c1c(-c2ccccc2)noc1C(C)C. The number of hydrogen-bond donors (Lipinski definition) is 1. The largest absolute Gasteiger partial charge is 0.463 e. The van der Waals surface area contributed by atoms with Crippen molar-refractivity contribution in [3.63, 3.8) is 0 Å². The maximum absolute atomic E-state index is 13.1. The molecule has 1 aliphatic heterocycles. The van der Waals surface area contributed by atoms with Crippen LogP contribution < -0.4 is 5.32 Å². The van der Waals surface area contributed by atoms with Crippen molar-refractivity contribution in [2.45, 2.75) is 53.4 Å². The van der Waals surface area contributed by atoms with Crippen LogP contribution in [-0.2, 0) is 19.1 Å². The fraction of sp³-hybridized carbons (Fsp3) is 0.400. The second-order valence-corrected chi connectivity index (χ2v) is 7.91. The lowest BCUT2D eigenvalue weighted by Gasteiger charge is -2.30. The van der Waals surface area contributed by atoms with Crippen LogP contribution in [0.15, 0.2) is 57.4 Å². The molecule has 0 atom stereocenters. The lowest BCUT2D eigenvalue weighted by Crippen LogP contribution is -2.33. The van der Waals surface area contributed by atoms with E-state index in [1.807, 2.05) is 44.2 Å². The average molecular weight is 439 g/mol. The summed E-state index contributed by atoms with van der Waals surface area (Å²) in [4.78, 5) is 26.3. The molecule has 0 amide bonds. The molecule has 0 saturated heterocycles. The van der Waals surface area contributed by atoms with Gasteiger partial charge in [0.25, 0.3) is 0 Å². The first-order valence-corrected chi connectivity index (χ1v) is 10.9. The highest BCUT2D eigenvalue weighted by Crippen LogP contribution is 2.46. The van der Waals surface area contributed by atoms with Crippen LogP contribution in [0.5, 0.6) is 0 Å². The van der Waals surface area contributed by atoms with E-state index in [0.29, 0.717) is 39.6 Å². The Morgan fingerprint density at radius 1 is 1.00 bits per heavy atom. The number of dihydropyridines is 1. The quantitative estimate of drug-likeness (QED) is 0.619. The summed E-state index contributed by atoms with van der Waals surface area (Å²) in [5.41, 5.74) is 4.04. The summed E-state index contributed by atoms with van der Waals surface area (Å²) in [6.07, 6.45) is 0. The third-order valence-electron chi connectivity index (χ3n) is 5.37. The standard InChI is InChI=1S/C25H30N2O5/c1-7-30-24(28)18-15(5)26-16(6)19(25(29)31-8-2)20(18)21-22(17-12-10-9-11-13-17)27-32-23(21)14(3)4/h9-14,20,26H,7-8H2,1-6H3. The van der Waals surface area contributed by atoms with Crippen molar-refractivity contribution < 1.29 is 23.6 Å². The Bertz CT molecular complexity index is 1020. The molecule has 32 heavy (non-hydrogen) atoms. The highest BCUT2D eigenvalue weighted by molar-refractivity contribution is 6.00. The van der Waals surface area contributed by atoms with Crippen molar-refractivity contribution >= 4 is 11.9 Å². The van der Waals surface area contributed by atoms with E-state index in [4.69, 9.17) is 14.0 Å². The van der Waals surface area contributed by atoms with Crippen molar-refractivity contribution in [1.29, 1.82) is 0 Å². The first-order chi connectivity index (χ1) is 15.3. The van der Waals surface area contributed by atoms with Gasteiger partial charge in [0.2, 0.25) is 0 Å². The van der Waals surface area contributed by atoms with Crippen LogP contribution in [0, 0.1) is 0 Å². The summed E-state index contributed by atoms with van der Waals surface area (Å²) in [6, 6.07) is 9.58. The molecule has 0 spiro atoms. The Labute approximate surface area is 188 Å². The monoisotopic (exact) mass is 438 g/mol. The van der Waals surface area contributed by atoms with Gasteiger partial charge < -0.3 is 19.3 Å². The molecule has 1 aromatic heterocycles. The fourth-order valence-electron chi connectivity index (χ4n) is 4.05. The first kappa shape index (κ1) is 23.3. The molecule has 7 nitrogen and oxygen atoms in total. The number of nitrogens with zero attached hydrogens (tertiary/aromatic N) is 1. The minimum atomic E-state index is -0.742. The molecule has 0 radical (unpaired) electrons. The molecule has 1 N–H and O–H groups in total. The fourth-order valence-corrected chi connectivity index (χ4v) is 4.05. The number of aromatic nitrogens is 1. The smallest absolute Gasteiger partial charge is 0.336 e. The van der Waals surface area contributed by atoms with Crippen LogP contribution in [-0.4, -0.2) is 30.3 Å². The van der Waals surface area contributed by atoms with Gasteiger partial charge in [-0.05, 0) is 27.7 Å². The van der Waals surface area contributed by atoms with Gasteiger partial charge in [-0.1, -0.05) is 49.3 Å². The Kier molecular flexibility index (Phi) is 7.18. The summed E-state index contributed by atoms with van der Waals surface area (Å²) < 4.78 is 16.6. The molecular formula is C25H30N2O5. The van der Waals surface area contributed by atoms with Gasteiger partial charge in [-0.15, -0.1) is 0 Å². The topological polar surface area (TPSA) is 90.7 Å². The molecule has 1 aliphatic rings. The van der Waals surface area contributed by atoms with Gasteiger partial charge in [-0.2, -0.15) is 0 Å². The zero-order valence-electron chi connectivity index (χ0n) is 19.4. The van der Waals surface area contributed by atoms with E-state index in [2.05, 4.69) is 10.5 Å². The van der Waals surface area contributed by atoms with Crippen molar-refractivity contribution in [3.05, 3.63) is 64.2 Å². The molecule has 1 aromatic carbocycles. The number of carbonyl (C=O) groups is 2. The molecule has 0 fully saturated rings. The lowest BCUT2D eigenvalue weighted by atomic mass is 9.77. The number of rotatable bonds is 7. The minimum absolute atomic E-state index is 0.0302. The molecular weight excluding hydrogens is 408 g/mol. The van der Waals surface area contributed by atoms with Crippen LogP contribution in [0.25, 0.3) is 11.3 Å². The van der Waals surface area contributed by atoms with Gasteiger partial charge in [-0.3, -0.25) is 0 Å². The second-order valence-electron chi connectivity index (χ2n) is 7.91. The number of ether oxygens (including phenoxy) is 2. The van der Waals surface area contributed by atoms with E-state index in [1.54, 1.807) is 27.7 Å². The minimum Gasteiger partial charge on any atom is -0.463 e. The van der Waals surface area contributed by atoms with E-state index < -0.39 is 17.9 Å². The molecule has 7 heteroatoms. The maximum atomic E-state index is 13.1. The number of allylic oxidation sites excluding steroid dienone is 2. The molecule has 170 valence electrons. The van der Waals surface area contributed by atoms with E-state index in [0.717, 1.165) is 5.56 Å². The summed E-state index contributed by atoms with van der Waals surface area (Å²) in [7, 11) is 0. The van der Waals surface area contributed by atoms with Gasteiger partial charge in [0.05, 0.1) is 30.3 Å². The van der Waals surface area contributed by atoms with Crippen molar-refractivity contribution in [1.82, 2.24) is 10.5 Å². The maximum Gasteiger partial charge on any atom is 0.336 e. The highest BCUT2D eigenvalue weighted by atomic mass is 16.5. The van der Waals surface area contributed by atoms with Crippen LogP contribution in [0.2, 0.25) is 0 Å². The van der Waals surface area contributed by atoms with Gasteiger partial charge in [0, 0.05) is 28.4 Å². The number of esters is 2. The molecule has 0 unspecified atom stereocenters. The Morgan fingerprint density at radius 2 is 1.53 bits per heavy atom. The molecule has 2 aromatic rings. The Hall–Kier alpha value is -3.35. The first-order valence-electron chi connectivity index (χ1n) is 10.9. The van der Waals surface area contributed by atoms with Crippen LogP contribution in [0.3, 0.4) is 0 Å². The zero-order chi connectivity index (χ0) is 23.4. The van der Waals surface area contributed by atoms with Gasteiger partial charge in [0.15, 0.2) is 0 Å². The van der Waals surface area contributed by atoms with Crippen LogP contribution >= 0.6 is 0 Å². The zero-order valence-corrected chi connectivity index (χ0v) is 19.4. The molecule has 3 rings (SSSR count). The van der Waals surface area contributed by atoms with E-state index in [-0.39, 0.29) is 19.1 Å². The number of carbonyl (C=O) groups excluding carboxylic acids is 2. The Balaban J connectivity index is 2.35. The normalized spacial score (nSPS) is 14.6. The molecule has 2 heterocycles. The number of hydrogen-bond acceptors (Lipinski definition) is 7. The van der Waals surface area contributed by atoms with Crippen molar-refractivity contribution in [2.24, 2.45) is 0 Å². The number of nitrogens with one attached hydrogen (secondary N) is 1. The van der Waals surface area contributed by atoms with E-state index in [9.17, 15) is 9.59 Å². The number of benzene rings is 1. The predicted octanol–water partition coefficient (Wildman–Crippen LogP) is 4.83. The van der Waals surface area contributed by atoms with Gasteiger partial charge in [0.1, 0.15) is 11.5 Å².